The quantitative estimate of drug-likeness (QED) is 0.476. The lowest BCUT2D eigenvalue weighted by atomic mass is 9.66. The molecule has 1 unspecified atom stereocenters. The van der Waals surface area contributed by atoms with E-state index in [1.54, 1.807) is 6.92 Å². The van der Waals surface area contributed by atoms with Gasteiger partial charge in [0.1, 0.15) is 5.78 Å². The summed E-state index contributed by atoms with van der Waals surface area (Å²) in [5.74, 6) is 0.791. The molecule has 0 spiro atoms. The van der Waals surface area contributed by atoms with Gasteiger partial charge in [0.2, 0.25) is 0 Å². The predicted octanol–water partition coefficient (Wildman–Crippen LogP) is 5.74. The molecule has 2 atom stereocenters. The van der Waals surface area contributed by atoms with Crippen LogP contribution in [0.1, 0.15) is 67.7 Å². The third kappa shape index (κ3) is 4.79. The van der Waals surface area contributed by atoms with Crippen molar-refractivity contribution in [2.45, 2.75) is 92.0 Å². The Morgan fingerprint density at radius 1 is 1.36 bits per heavy atom. The second-order valence-electron chi connectivity index (χ2n) is 9.31. The van der Waals surface area contributed by atoms with E-state index in [0.717, 1.165) is 12.8 Å². The van der Waals surface area contributed by atoms with Gasteiger partial charge in [0, 0.05) is 6.42 Å². The van der Waals surface area contributed by atoms with Crippen LogP contribution in [-0.4, -0.2) is 20.2 Å². The molecule has 0 saturated carbocycles. The first-order valence-electron chi connectivity index (χ1n) is 8.62. The highest BCUT2D eigenvalue weighted by Gasteiger charge is 2.42. The molecule has 0 bridgehead atoms. The Bertz CT molecular complexity index is 441. The maximum atomic E-state index is 11.3. The molecule has 22 heavy (non-hydrogen) atoms. The molecular formula is C19H36O2Si. The molecule has 1 aliphatic rings. The minimum Gasteiger partial charge on any atom is -0.411 e. The summed E-state index contributed by atoms with van der Waals surface area (Å²) in [6.45, 7) is 20.1. The number of Topliss-reactive ketones (excluding diaryl/α,β-unsaturated/α-hetero) is 1. The summed E-state index contributed by atoms with van der Waals surface area (Å²) >= 11 is 0. The topological polar surface area (TPSA) is 26.3 Å². The fourth-order valence-electron chi connectivity index (χ4n) is 3.34. The van der Waals surface area contributed by atoms with Gasteiger partial charge in [-0.1, -0.05) is 46.3 Å². The summed E-state index contributed by atoms with van der Waals surface area (Å²) in [7, 11) is -1.74. The van der Waals surface area contributed by atoms with Gasteiger partial charge in [-0.05, 0) is 56.2 Å². The van der Waals surface area contributed by atoms with Crippen LogP contribution in [0.4, 0.5) is 0 Å². The molecule has 0 aromatic heterocycles. The van der Waals surface area contributed by atoms with Crippen molar-refractivity contribution in [2.24, 2.45) is 11.3 Å². The zero-order valence-corrected chi connectivity index (χ0v) is 17.2. The lowest BCUT2D eigenvalue weighted by Crippen LogP contribution is -2.46. The largest absolute Gasteiger partial charge is 0.411 e. The number of allylic oxidation sites excluding steroid dienone is 1. The molecule has 0 heterocycles. The van der Waals surface area contributed by atoms with Crippen molar-refractivity contribution >= 4 is 14.1 Å². The molecule has 0 fully saturated rings. The van der Waals surface area contributed by atoms with Crippen molar-refractivity contribution < 1.29 is 9.22 Å². The highest BCUT2D eigenvalue weighted by atomic mass is 28.4. The number of carbonyl (C=O) groups is 1. The standard InChI is InChI=1S/C19H36O2Si/c1-14-12-16(21-22(8,9)18(3,4)5)13-19(6,7)17(14)11-10-15(2)20/h12,16-17H,10-11,13H2,1-9H3/t16-,17?/m1/s1. The number of ketones is 1. The molecule has 128 valence electrons. The van der Waals surface area contributed by atoms with Crippen LogP contribution in [0, 0.1) is 11.3 Å². The lowest BCUT2D eigenvalue weighted by Gasteiger charge is -2.45. The van der Waals surface area contributed by atoms with Gasteiger partial charge in [-0.15, -0.1) is 0 Å². The predicted molar refractivity (Wildman–Crippen MR) is 97.6 cm³/mol. The normalized spacial score (nSPS) is 25.8. The van der Waals surface area contributed by atoms with E-state index in [1.165, 1.54) is 5.57 Å². The van der Waals surface area contributed by atoms with Crippen molar-refractivity contribution in [1.29, 1.82) is 0 Å². The minimum atomic E-state index is -1.74. The molecule has 1 rings (SSSR count). The molecule has 0 saturated heterocycles. The van der Waals surface area contributed by atoms with Crippen molar-refractivity contribution in [3.05, 3.63) is 11.6 Å². The lowest BCUT2D eigenvalue weighted by molar-refractivity contribution is -0.117. The molecule has 0 aliphatic heterocycles. The number of carbonyl (C=O) groups excluding carboxylic acids is 1. The first-order chi connectivity index (χ1) is 9.76. The third-order valence-electron chi connectivity index (χ3n) is 5.71. The molecule has 0 aromatic carbocycles. The Kier molecular flexibility index (Phi) is 5.89. The highest BCUT2D eigenvalue weighted by molar-refractivity contribution is 6.74. The Morgan fingerprint density at radius 2 is 1.91 bits per heavy atom. The smallest absolute Gasteiger partial charge is 0.192 e. The fraction of sp³-hybridized carbons (Fsp3) is 0.842. The molecule has 1 aliphatic carbocycles. The first-order valence-corrected chi connectivity index (χ1v) is 11.5. The average Bonchev–Trinajstić information content (AvgIpc) is 2.23. The molecule has 0 amide bonds. The van der Waals surface area contributed by atoms with E-state index in [4.69, 9.17) is 4.43 Å². The summed E-state index contributed by atoms with van der Waals surface area (Å²) < 4.78 is 6.62. The van der Waals surface area contributed by atoms with Crippen molar-refractivity contribution in [2.75, 3.05) is 0 Å². The van der Waals surface area contributed by atoms with Crippen LogP contribution in [0.2, 0.25) is 18.1 Å². The van der Waals surface area contributed by atoms with Crippen LogP contribution < -0.4 is 0 Å². The number of rotatable bonds is 5. The highest BCUT2D eigenvalue weighted by Crippen LogP contribution is 2.46. The maximum absolute atomic E-state index is 11.3. The van der Waals surface area contributed by atoms with E-state index in [9.17, 15) is 4.79 Å². The van der Waals surface area contributed by atoms with Crippen LogP contribution in [0.15, 0.2) is 11.6 Å². The van der Waals surface area contributed by atoms with E-state index in [1.807, 2.05) is 0 Å². The molecule has 3 heteroatoms. The van der Waals surface area contributed by atoms with E-state index in [2.05, 4.69) is 60.7 Å². The van der Waals surface area contributed by atoms with Gasteiger partial charge in [-0.3, -0.25) is 0 Å². The summed E-state index contributed by atoms with van der Waals surface area (Å²) in [5.41, 5.74) is 1.60. The average molecular weight is 325 g/mol. The Labute approximate surface area is 138 Å². The Hall–Kier alpha value is -0.413. The van der Waals surface area contributed by atoms with E-state index < -0.39 is 8.32 Å². The van der Waals surface area contributed by atoms with Crippen molar-refractivity contribution in [3.8, 4) is 0 Å². The van der Waals surface area contributed by atoms with Gasteiger partial charge in [0.25, 0.3) is 0 Å². The third-order valence-corrected chi connectivity index (χ3v) is 10.2. The maximum Gasteiger partial charge on any atom is 0.192 e. The number of hydrogen-bond acceptors (Lipinski definition) is 2. The Morgan fingerprint density at radius 3 is 2.32 bits per heavy atom. The van der Waals surface area contributed by atoms with Gasteiger partial charge >= 0.3 is 0 Å². The zero-order valence-electron chi connectivity index (χ0n) is 16.2. The van der Waals surface area contributed by atoms with Crippen molar-refractivity contribution in [1.82, 2.24) is 0 Å². The van der Waals surface area contributed by atoms with Gasteiger partial charge < -0.3 is 9.22 Å². The van der Waals surface area contributed by atoms with Gasteiger partial charge in [-0.2, -0.15) is 0 Å². The summed E-state index contributed by atoms with van der Waals surface area (Å²) in [6.07, 6.45) is 5.27. The molecule has 0 aromatic rings. The van der Waals surface area contributed by atoms with Crippen LogP contribution >= 0.6 is 0 Å². The summed E-state index contributed by atoms with van der Waals surface area (Å²) in [4.78, 5) is 11.3. The fourth-order valence-corrected chi connectivity index (χ4v) is 4.60. The molecule has 2 nitrogen and oxygen atoms in total. The van der Waals surface area contributed by atoms with E-state index >= 15 is 0 Å². The van der Waals surface area contributed by atoms with Crippen LogP contribution in [0.3, 0.4) is 0 Å². The Balaban J connectivity index is 2.90. The molecular weight excluding hydrogens is 288 g/mol. The van der Waals surface area contributed by atoms with Crippen LogP contribution in [0.5, 0.6) is 0 Å². The van der Waals surface area contributed by atoms with Gasteiger partial charge in [-0.25, -0.2) is 0 Å². The number of hydrogen-bond donors (Lipinski definition) is 0. The summed E-state index contributed by atoms with van der Waals surface area (Å²) in [6, 6.07) is 0. The van der Waals surface area contributed by atoms with Crippen LogP contribution in [0.25, 0.3) is 0 Å². The molecule has 0 radical (unpaired) electrons. The van der Waals surface area contributed by atoms with Gasteiger partial charge in [0.15, 0.2) is 8.32 Å². The minimum absolute atomic E-state index is 0.196. The monoisotopic (exact) mass is 324 g/mol. The summed E-state index contributed by atoms with van der Waals surface area (Å²) in [5, 5.41) is 0.240. The SMILES string of the molecule is CC(=O)CCC1C(C)=C[C@@H](O[Si](C)(C)C(C)(C)C)CC1(C)C. The molecule has 0 N–H and O–H groups in total. The van der Waals surface area contributed by atoms with Crippen molar-refractivity contribution in [3.63, 3.8) is 0 Å². The van der Waals surface area contributed by atoms with E-state index in [0.29, 0.717) is 18.1 Å². The first kappa shape index (κ1) is 19.6. The van der Waals surface area contributed by atoms with Gasteiger partial charge in [0.05, 0.1) is 6.10 Å². The second kappa shape index (κ2) is 6.60. The van der Waals surface area contributed by atoms with Crippen LogP contribution in [-0.2, 0) is 9.22 Å². The zero-order chi connectivity index (χ0) is 17.3. The van der Waals surface area contributed by atoms with E-state index in [-0.39, 0.29) is 16.6 Å². The second-order valence-corrected chi connectivity index (χ2v) is 14.1.